The van der Waals surface area contributed by atoms with Crippen LogP contribution in [-0.2, 0) is 9.59 Å². The zero-order chi connectivity index (χ0) is 21.5. The number of piperazine rings is 1. The van der Waals surface area contributed by atoms with Gasteiger partial charge in [-0.05, 0) is 30.9 Å². The second kappa shape index (κ2) is 10.4. The van der Waals surface area contributed by atoms with Crippen molar-refractivity contribution in [3.05, 3.63) is 29.8 Å². The minimum absolute atomic E-state index is 0.110. The summed E-state index contributed by atoms with van der Waals surface area (Å²) in [6.07, 6.45) is 8.08. The number of ether oxygens (including phenoxy) is 2. The zero-order valence-electron chi connectivity index (χ0n) is 17.2. The molecule has 164 valence electrons. The standard InChI is InChI=1S/C22H28F2N2O4/c1-29-18-8-4-7-17(21(18)30-22(23)24)9-10-19(27)25-11-13-26(14-12-25)20(28)15-16-5-2-3-6-16/h4,7-10,16,22H,2-3,5-6,11-15H2,1H3/b10-9+. The van der Waals surface area contributed by atoms with Gasteiger partial charge in [-0.3, -0.25) is 9.59 Å². The first-order chi connectivity index (χ1) is 14.5. The van der Waals surface area contributed by atoms with Crippen LogP contribution in [0.15, 0.2) is 24.3 Å². The summed E-state index contributed by atoms with van der Waals surface area (Å²) in [7, 11) is 1.36. The maximum Gasteiger partial charge on any atom is 0.387 e. The van der Waals surface area contributed by atoms with Crippen molar-refractivity contribution in [2.45, 2.75) is 38.7 Å². The van der Waals surface area contributed by atoms with E-state index in [4.69, 9.17) is 4.74 Å². The van der Waals surface area contributed by atoms with E-state index in [9.17, 15) is 18.4 Å². The maximum atomic E-state index is 12.7. The molecule has 1 saturated carbocycles. The first-order valence-corrected chi connectivity index (χ1v) is 10.3. The summed E-state index contributed by atoms with van der Waals surface area (Å²) in [6.45, 7) is -1.05. The van der Waals surface area contributed by atoms with Gasteiger partial charge in [0, 0.05) is 44.2 Å². The maximum absolute atomic E-state index is 12.7. The Morgan fingerprint density at radius 3 is 2.43 bits per heavy atom. The first kappa shape index (κ1) is 22.1. The van der Waals surface area contributed by atoms with Gasteiger partial charge < -0.3 is 19.3 Å². The molecule has 1 aromatic rings. The number of para-hydroxylation sites is 1. The quantitative estimate of drug-likeness (QED) is 0.631. The number of methoxy groups -OCH3 is 1. The van der Waals surface area contributed by atoms with Crippen molar-refractivity contribution < 1.29 is 27.8 Å². The molecule has 0 aromatic heterocycles. The van der Waals surface area contributed by atoms with Crippen LogP contribution in [0, 0.1) is 5.92 Å². The summed E-state index contributed by atoms with van der Waals surface area (Å²) >= 11 is 0. The summed E-state index contributed by atoms with van der Waals surface area (Å²) in [5, 5.41) is 0. The SMILES string of the molecule is COc1cccc(/C=C/C(=O)N2CCN(C(=O)CC3CCCC3)CC2)c1OC(F)F. The number of halogens is 2. The van der Waals surface area contributed by atoms with E-state index in [1.165, 1.54) is 38.2 Å². The van der Waals surface area contributed by atoms with Gasteiger partial charge in [0.2, 0.25) is 11.8 Å². The average Bonchev–Trinajstić information content (AvgIpc) is 3.25. The Kier molecular flexibility index (Phi) is 7.65. The van der Waals surface area contributed by atoms with Gasteiger partial charge in [-0.15, -0.1) is 0 Å². The molecule has 8 heteroatoms. The van der Waals surface area contributed by atoms with Gasteiger partial charge in [0.15, 0.2) is 11.5 Å². The van der Waals surface area contributed by atoms with Crippen molar-refractivity contribution in [1.82, 2.24) is 9.80 Å². The third kappa shape index (κ3) is 5.70. The van der Waals surface area contributed by atoms with Gasteiger partial charge in [0.25, 0.3) is 0 Å². The van der Waals surface area contributed by atoms with Gasteiger partial charge in [0.1, 0.15) is 0 Å². The van der Waals surface area contributed by atoms with Gasteiger partial charge in [-0.25, -0.2) is 0 Å². The van der Waals surface area contributed by atoms with Crippen LogP contribution in [0.1, 0.15) is 37.7 Å². The summed E-state index contributed by atoms with van der Waals surface area (Å²) in [5.74, 6) is 0.506. The van der Waals surface area contributed by atoms with Crippen molar-refractivity contribution in [3.8, 4) is 11.5 Å². The van der Waals surface area contributed by atoms with Crippen LogP contribution in [0.25, 0.3) is 6.08 Å². The monoisotopic (exact) mass is 422 g/mol. The van der Waals surface area contributed by atoms with E-state index in [0.29, 0.717) is 44.1 Å². The van der Waals surface area contributed by atoms with Crippen molar-refractivity contribution in [1.29, 1.82) is 0 Å². The van der Waals surface area contributed by atoms with E-state index in [1.54, 1.807) is 17.0 Å². The van der Waals surface area contributed by atoms with Gasteiger partial charge in [0.05, 0.1) is 7.11 Å². The molecule has 0 radical (unpaired) electrons. The Morgan fingerprint density at radius 2 is 1.80 bits per heavy atom. The molecule has 1 aromatic carbocycles. The molecule has 1 heterocycles. The molecule has 1 aliphatic carbocycles. The van der Waals surface area contributed by atoms with Gasteiger partial charge >= 0.3 is 6.61 Å². The molecule has 2 aliphatic rings. The molecule has 0 unspecified atom stereocenters. The molecule has 0 N–H and O–H groups in total. The van der Waals surface area contributed by atoms with E-state index in [-0.39, 0.29) is 23.3 Å². The largest absolute Gasteiger partial charge is 0.493 e. The van der Waals surface area contributed by atoms with Crippen molar-refractivity contribution in [2.75, 3.05) is 33.3 Å². The Hall–Kier alpha value is -2.64. The summed E-state index contributed by atoms with van der Waals surface area (Å²) in [5.41, 5.74) is 0.327. The fourth-order valence-corrected chi connectivity index (χ4v) is 4.07. The van der Waals surface area contributed by atoms with Crippen LogP contribution in [-0.4, -0.2) is 61.5 Å². The lowest BCUT2D eigenvalue weighted by Gasteiger charge is -2.34. The molecule has 1 aliphatic heterocycles. The molecule has 0 spiro atoms. The number of amides is 2. The number of hydrogen-bond donors (Lipinski definition) is 0. The number of carbonyl (C=O) groups is 2. The summed E-state index contributed by atoms with van der Waals surface area (Å²) < 4.78 is 35.1. The third-order valence-electron chi connectivity index (χ3n) is 5.72. The van der Waals surface area contributed by atoms with Crippen LogP contribution in [0.2, 0.25) is 0 Å². The molecule has 0 bridgehead atoms. The lowest BCUT2D eigenvalue weighted by molar-refractivity contribution is -0.137. The minimum atomic E-state index is -3.00. The highest BCUT2D eigenvalue weighted by atomic mass is 19.3. The molecule has 2 fully saturated rings. The Balaban J connectivity index is 1.55. The second-order valence-corrected chi connectivity index (χ2v) is 7.65. The summed E-state index contributed by atoms with van der Waals surface area (Å²) in [6, 6.07) is 4.72. The van der Waals surface area contributed by atoms with E-state index < -0.39 is 6.61 Å². The molecule has 1 saturated heterocycles. The fourth-order valence-electron chi connectivity index (χ4n) is 4.07. The van der Waals surface area contributed by atoms with Gasteiger partial charge in [-0.1, -0.05) is 25.0 Å². The molecule has 0 atom stereocenters. The third-order valence-corrected chi connectivity index (χ3v) is 5.72. The fraction of sp³-hybridized carbons (Fsp3) is 0.545. The number of benzene rings is 1. The first-order valence-electron chi connectivity index (χ1n) is 10.3. The average molecular weight is 422 g/mol. The number of nitrogens with zero attached hydrogens (tertiary/aromatic N) is 2. The zero-order valence-corrected chi connectivity index (χ0v) is 17.2. The topological polar surface area (TPSA) is 59.1 Å². The number of alkyl halides is 2. The highest BCUT2D eigenvalue weighted by Crippen LogP contribution is 2.33. The highest BCUT2D eigenvalue weighted by Gasteiger charge is 2.26. The second-order valence-electron chi connectivity index (χ2n) is 7.65. The van der Waals surface area contributed by atoms with Crippen molar-refractivity contribution >= 4 is 17.9 Å². The van der Waals surface area contributed by atoms with Crippen LogP contribution < -0.4 is 9.47 Å². The van der Waals surface area contributed by atoms with Crippen molar-refractivity contribution in [3.63, 3.8) is 0 Å². The molecule has 6 nitrogen and oxygen atoms in total. The lowest BCUT2D eigenvalue weighted by atomic mass is 10.0. The number of rotatable bonds is 7. The van der Waals surface area contributed by atoms with Crippen LogP contribution >= 0.6 is 0 Å². The van der Waals surface area contributed by atoms with Crippen LogP contribution in [0.3, 0.4) is 0 Å². The van der Waals surface area contributed by atoms with Crippen LogP contribution in [0.5, 0.6) is 11.5 Å². The van der Waals surface area contributed by atoms with E-state index in [0.717, 1.165) is 12.8 Å². The van der Waals surface area contributed by atoms with E-state index >= 15 is 0 Å². The predicted molar refractivity (Wildman–Crippen MR) is 108 cm³/mol. The van der Waals surface area contributed by atoms with Crippen LogP contribution in [0.4, 0.5) is 8.78 Å². The lowest BCUT2D eigenvalue weighted by Crippen LogP contribution is -2.50. The predicted octanol–water partition coefficient (Wildman–Crippen LogP) is 3.56. The van der Waals surface area contributed by atoms with E-state index in [2.05, 4.69) is 4.74 Å². The van der Waals surface area contributed by atoms with E-state index in [1.807, 2.05) is 4.90 Å². The Morgan fingerprint density at radius 1 is 1.13 bits per heavy atom. The minimum Gasteiger partial charge on any atom is -0.493 e. The molecule has 30 heavy (non-hydrogen) atoms. The smallest absolute Gasteiger partial charge is 0.387 e. The molecular weight excluding hydrogens is 394 g/mol. The molecule has 2 amide bonds. The van der Waals surface area contributed by atoms with Crippen molar-refractivity contribution in [2.24, 2.45) is 5.92 Å². The normalized spacial score (nSPS) is 17.7. The Bertz CT molecular complexity index is 770. The molecule has 3 rings (SSSR count). The van der Waals surface area contributed by atoms with Gasteiger partial charge in [-0.2, -0.15) is 8.78 Å². The number of carbonyl (C=O) groups excluding carboxylic acids is 2. The highest BCUT2D eigenvalue weighted by molar-refractivity contribution is 5.92. The Labute approximate surface area is 175 Å². The number of hydrogen-bond acceptors (Lipinski definition) is 4. The summed E-state index contributed by atoms with van der Waals surface area (Å²) in [4.78, 5) is 28.5. The molecular formula is C22H28F2N2O4.